The van der Waals surface area contributed by atoms with Crippen molar-refractivity contribution in [1.29, 1.82) is 0 Å². The molecule has 0 saturated carbocycles. The molecule has 0 aliphatic carbocycles. The van der Waals surface area contributed by atoms with Crippen LogP contribution in [0.2, 0.25) is 0 Å². The summed E-state index contributed by atoms with van der Waals surface area (Å²) in [4.78, 5) is 3.93. The maximum absolute atomic E-state index is 12.9. The number of nitrogens with zero attached hydrogens (tertiary/aromatic N) is 2. The first kappa shape index (κ1) is 21.4. The first-order chi connectivity index (χ1) is 13.6. The summed E-state index contributed by atoms with van der Waals surface area (Å²) < 4.78 is 76.5. The van der Waals surface area contributed by atoms with Gasteiger partial charge in [0.2, 0.25) is 15.9 Å². The largest absolute Gasteiger partial charge is 0.494 e. The van der Waals surface area contributed by atoms with E-state index in [0.29, 0.717) is 24.3 Å². The molecule has 6 nitrogen and oxygen atoms in total. The van der Waals surface area contributed by atoms with Crippen molar-refractivity contribution in [2.45, 2.75) is 37.4 Å². The van der Waals surface area contributed by atoms with Gasteiger partial charge in [0, 0.05) is 18.8 Å². The quantitative estimate of drug-likeness (QED) is 0.700. The summed E-state index contributed by atoms with van der Waals surface area (Å²) in [6.07, 6.45) is -3.71. The summed E-state index contributed by atoms with van der Waals surface area (Å²) in [5, 5.41) is 0. The fourth-order valence-electron chi connectivity index (χ4n) is 3.08. The molecule has 0 spiro atoms. The Hall–Kier alpha value is -2.33. The van der Waals surface area contributed by atoms with E-state index in [4.69, 9.17) is 9.47 Å². The van der Waals surface area contributed by atoms with E-state index in [2.05, 4.69) is 4.98 Å². The molecular weight excluding hydrogens is 409 g/mol. The Kier molecular flexibility index (Phi) is 6.04. The van der Waals surface area contributed by atoms with E-state index in [1.807, 2.05) is 6.92 Å². The average molecular weight is 430 g/mol. The second-order valence-electron chi connectivity index (χ2n) is 6.63. The van der Waals surface area contributed by atoms with Gasteiger partial charge in [0.25, 0.3) is 0 Å². The van der Waals surface area contributed by atoms with Crippen LogP contribution in [0, 0.1) is 6.92 Å². The molecule has 0 bridgehead atoms. The molecule has 158 valence electrons. The minimum absolute atomic E-state index is 0.0342. The third-order valence-corrected chi connectivity index (χ3v) is 6.40. The molecule has 1 unspecified atom stereocenters. The highest BCUT2D eigenvalue weighted by Gasteiger charge is 2.35. The van der Waals surface area contributed by atoms with Gasteiger partial charge in [-0.05, 0) is 50.1 Å². The fourth-order valence-corrected chi connectivity index (χ4v) is 4.65. The van der Waals surface area contributed by atoms with Gasteiger partial charge in [-0.3, -0.25) is 0 Å². The predicted molar refractivity (Wildman–Crippen MR) is 99.4 cm³/mol. The standard InChI is InChI=1S/C19H21F3N2O4S/c1-3-27-17-5-4-16(10-13(17)2)29(25,26)24-9-7-15(12-24)28-18-11-14(6-8-23-18)19(20,21)22/h4-6,8,10-11,15H,3,7,9,12H2,1-2H3. The van der Waals surface area contributed by atoms with Crippen LogP contribution in [-0.2, 0) is 16.2 Å². The Morgan fingerprint density at radius 3 is 2.66 bits per heavy atom. The number of alkyl halides is 3. The third kappa shape index (κ3) is 4.81. The second kappa shape index (κ2) is 8.19. The van der Waals surface area contributed by atoms with Crippen LogP contribution < -0.4 is 9.47 Å². The van der Waals surface area contributed by atoms with Crippen molar-refractivity contribution in [2.75, 3.05) is 19.7 Å². The molecule has 1 aliphatic heterocycles. The second-order valence-corrected chi connectivity index (χ2v) is 8.57. The number of rotatable bonds is 6. The van der Waals surface area contributed by atoms with Crippen molar-refractivity contribution in [3.8, 4) is 11.6 Å². The van der Waals surface area contributed by atoms with Crippen LogP contribution in [-0.4, -0.2) is 43.5 Å². The number of sulfonamides is 1. The number of aryl methyl sites for hydroxylation is 1. The van der Waals surface area contributed by atoms with E-state index in [0.717, 1.165) is 18.3 Å². The number of aromatic nitrogens is 1. The molecule has 3 rings (SSSR count). The maximum atomic E-state index is 12.9. The normalized spacial score (nSPS) is 18.0. The van der Waals surface area contributed by atoms with Gasteiger partial charge in [0.1, 0.15) is 11.9 Å². The Morgan fingerprint density at radius 2 is 2.00 bits per heavy atom. The van der Waals surface area contributed by atoms with Crippen molar-refractivity contribution < 1.29 is 31.1 Å². The van der Waals surface area contributed by atoms with Gasteiger partial charge in [-0.25, -0.2) is 13.4 Å². The molecule has 10 heteroatoms. The summed E-state index contributed by atoms with van der Waals surface area (Å²) in [6, 6.07) is 6.31. The molecule has 2 heterocycles. The lowest BCUT2D eigenvalue weighted by molar-refractivity contribution is -0.137. The molecule has 1 aromatic carbocycles. The minimum atomic E-state index is -4.50. The van der Waals surface area contributed by atoms with Crippen molar-refractivity contribution >= 4 is 10.0 Å². The molecule has 1 saturated heterocycles. The van der Waals surface area contributed by atoms with Crippen LogP contribution in [0.25, 0.3) is 0 Å². The van der Waals surface area contributed by atoms with Gasteiger partial charge in [-0.1, -0.05) is 0 Å². The lowest BCUT2D eigenvalue weighted by Crippen LogP contribution is -2.31. The molecule has 2 aromatic rings. The summed E-state index contributed by atoms with van der Waals surface area (Å²) in [7, 11) is -3.75. The van der Waals surface area contributed by atoms with Crippen LogP contribution in [0.3, 0.4) is 0 Å². The highest BCUT2D eigenvalue weighted by Crippen LogP contribution is 2.31. The van der Waals surface area contributed by atoms with Crippen LogP contribution in [0.15, 0.2) is 41.4 Å². The molecule has 0 amide bonds. The Balaban J connectivity index is 1.71. The van der Waals surface area contributed by atoms with E-state index in [1.54, 1.807) is 19.1 Å². The third-order valence-electron chi connectivity index (χ3n) is 4.54. The Morgan fingerprint density at radius 1 is 1.24 bits per heavy atom. The number of hydrogen-bond acceptors (Lipinski definition) is 5. The summed E-state index contributed by atoms with van der Waals surface area (Å²) in [5.74, 6) is 0.436. The zero-order valence-electron chi connectivity index (χ0n) is 15.9. The minimum Gasteiger partial charge on any atom is -0.494 e. The average Bonchev–Trinajstić information content (AvgIpc) is 3.12. The van der Waals surface area contributed by atoms with E-state index < -0.39 is 27.9 Å². The number of pyridine rings is 1. The first-order valence-corrected chi connectivity index (χ1v) is 10.5. The van der Waals surface area contributed by atoms with Gasteiger partial charge < -0.3 is 9.47 Å². The number of hydrogen-bond donors (Lipinski definition) is 0. The smallest absolute Gasteiger partial charge is 0.416 e. The van der Waals surface area contributed by atoms with E-state index in [-0.39, 0.29) is 23.9 Å². The SMILES string of the molecule is CCOc1ccc(S(=O)(=O)N2CCC(Oc3cc(C(F)(F)F)ccn3)C2)cc1C. The van der Waals surface area contributed by atoms with Gasteiger partial charge >= 0.3 is 6.18 Å². The molecule has 0 radical (unpaired) electrons. The molecule has 1 fully saturated rings. The lowest BCUT2D eigenvalue weighted by atomic mass is 10.2. The van der Waals surface area contributed by atoms with E-state index >= 15 is 0 Å². The fraction of sp³-hybridized carbons (Fsp3) is 0.421. The first-order valence-electron chi connectivity index (χ1n) is 9.04. The van der Waals surface area contributed by atoms with Crippen LogP contribution in [0.1, 0.15) is 24.5 Å². The number of ether oxygens (including phenoxy) is 2. The number of halogens is 3. The van der Waals surface area contributed by atoms with Crippen LogP contribution in [0.4, 0.5) is 13.2 Å². The molecular formula is C19H21F3N2O4S. The summed E-state index contributed by atoms with van der Waals surface area (Å²) in [5.41, 5.74) is -0.164. The molecule has 1 aromatic heterocycles. The van der Waals surface area contributed by atoms with Crippen LogP contribution >= 0.6 is 0 Å². The molecule has 29 heavy (non-hydrogen) atoms. The monoisotopic (exact) mass is 430 g/mol. The maximum Gasteiger partial charge on any atom is 0.416 e. The zero-order chi connectivity index (χ0) is 21.2. The summed E-state index contributed by atoms with van der Waals surface area (Å²) >= 11 is 0. The summed E-state index contributed by atoms with van der Waals surface area (Å²) in [6.45, 7) is 4.32. The number of benzene rings is 1. The van der Waals surface area contributed by atoms with Crippen molar-refractivity contribution in [3.05, 3.63) is 47.7 Å². The van der Waals surface area contributed by atoms with Crippen molar-refractivity contribution in [1.82, 2.24) is 9.29 Å². The molecule has 1 aliphatic rings. The predicted octanol–water partition coefficient (Wildman–Crippen LogP) is 3.65. The zero-order valence-corrected chi connectivity index (χ0v) is 16.8. The van der Waals surface area contributed by atoms with E-state index in [9.17, 15) is 21.6 Å². The highest BCUT2D eigenvalue weighted by molar-refractivity contribution is 7.89. The van der Waals surface area contributed by atoms with E-state index in [1.165, 1.54) is 10.4 Å². The van der Waals surface area contributed by atoms with Crippen LogP contribution in [0.5, 0.6) is 11.6 Å². The van der Waals surface area contributed by atoms with Gasteiger partial charge in [0.15, 0.2) is 0 Å². The molecule has 1 atom stereocenters. The lowest BCUT2D eigenvalue weighted by Gasteiger charge is -2.18. The van der Waals surface area contributed by atoms with Crippen molar-refractivity contribution in [3.63, 3.8) is 0 Å². The van der Waals surface area contributed by atoms with Gasteiger partial charge in [-0.2, -0.15) is 17.5 Å². The van der Waals surface area contributed by atoms with Gasteiger partial charge in [0.05, 0.1) is 23.6 Å². The molecule has 0 N–H and O–H groups in total. The van der Waals surface area contributed by atoms with Crippen molar-refractivity contribution in [2.24, 2.45) is 0 Å². The Labute approximate surface area is 167 Å². The van der Waals surface area contributed by atoms with Gasteiger partial charge in [-0.15, -0.1) is 0 Å². The topological polar surface area (TPSA) is 68.7 Å². The Bertz CT molecular complexity index is 980. The highest BCUT2D eigenvalue weighted by atomic mass is 32.2.